The van der Waals surface area contributed by atoms with Crippen molar-refractivity contribution in [3.05, 3.63) is 48.4 Å². The Morgan fingerprint density at radius 2 is 2.14 bits per heavy atom. The van der Waals surface area contributed by atoms with E-state index in [-0.39, 0.29) is 12.1 Å². The highest BCUT2D eigenvalue weighted by molar-refractivity contribution is 5.91. The molecule has 1 fully saturated rings. The third kappa shape index (κ3) is 2.59. The van der Waals surface area contributed by atoms with Crippen LogP contribution in [0.2, 0.25) is 0 Å². The van der Waals surface area contributed by atoms with Gasteiger partial charge in [0.2, 0.25) is 5.88 Å². The average molecular weight is 298 g/mol. The number of ether oxygens (including phenoxy) is 1. The maximum absolute atomic E-state index is 12.5. The Kier molecular flexibility index (Phi) is 3.91. The quantitative estimate of drug-likeness (QED) is 0.946. The predicted octanol–water partition coefficient (Wildman–Crippen LogP) is 2.71. The van der Waals surface area contributed by atoms with Gasteiger partial charge in [-0.1, -0.05) is 37.3 Å². The number of nitrogens with zero attached hydrogens (tertiary/aromatic N) is 3. The van der Waals surface area contributed by atoms with Gasteiger partial charge in [-0.15, -0.1) is 0 Å². The molecule has 22 heavy (non-hydrogen) atoms. The van der Waals surface area contributed by atoms with Crippen LogP contribution < -0.4 is 10.1 Å². The Balaban J connectivity index is 1.75. The highest BCUT2D eigenvalue weighted by Gasteiger charge is 2.40. The number of likely N-dealkylation sites (tertiary alicyclic amines) is 1. The Morgan fingerprint density at radius 3 is 2.82 bits per heavy atom. The van der Waals surface area contributed by atoms with Gasteiger partial charge < -0.3 is 15.0 Å². The molecule has 2 aromatic rings. The third-order valence-corrected chi connectivity index (χ3v) is 3.87. The molecule has 1 aliphatic rings. The number of anilines is 1. The molecule has 6 nitrogen and oxygen atoms in total. The summed E-state index contributed by atoms with van der Waals surface area (Å²) in [5.41, 5.74) is 1.62. The zero-order chi connectivity index (χ0) is 15.5. The second kappa shape index (κ2) is 6.01. The van der Waals surface area contributed by atoms with Crippen molar-refractivity contribution in [2.75, 3.05) is 19.0 Å². The Bertz CT molecular complexity index is 662. The minimum atomic E-state index is -0.167. The number of hydrogen-bond acceptors (Lipinski definition) is 4. The van der Waals surface area contributed by atoms with Crippen LogP contribution in [0.15, 0.2) is 42.9 Å². The van der Waals surface area contributed by atoms with Crippen LogP contribution in [-0.4, -0.2) is 34.6 Å². The number of urea groups is 1. The summed E-state index contributed by atoms with van der Waals surface area (Å²) in [5, 5.41) is 2.82. The fourth-order valence-electron chi connectivity index (χ4n) is 2.81. The van der Waals surface area contributed by atoms with E-state index in [2.05, 4.69) is 22.2 Å². The summed E-state index contributed by atoms with van der Waals surface area (Å²) < 4.78 is 5.13. The molecule has 0 spiro atoms. The maximum Gasteiger partial charge on any atom is 0.322 e. The molecule has 1 saturated heterocycles. The molecule has 0 aliphatic carbocycles. The minimum absolute atomic E-state index is 0.0943. The Hall–Kier alpha value is -2.63. The highest BCUT2D eigenvalue weighted by atomic mass is 16.5. The number of rotatable bonds is 3. The van der Waals surface area contributed by atoms with E-state index in [1.54, 1.807) is 0 Å². The monoisotopic (exact) mass is 298 g/mol. The molecule has 1 aromatic carbocycles. The number of methoxy groups -OCH3 is 1. The molecule has 6 heteroatoms. The van der Waals surface area contributed by atoms with E-state index in [0.717, 1.165) is 12.1 Å². The minimum Gasteiger partial charge on any atom is -0.479 e. The first-order chi connectivity index (χ1) is 10.7. The van der Waals surface area contributed by atoms with E-state index in [1.807, 2.05) is 35.2 Å². The number of amides is 2. The first kappa shape index (κ1) is 14.3. The van der Waals surface area contributed by atoms with Crippen molar-refractivity contribution in [2.24, 2.45) is 5.92 Å². The molecule has 2 heterocycles. The lowest BCUT2D eigenvalue weighted by atomic mass is 9.85. The van der Waals surface area contributed by atoms with Gasteiger partial charge in [-0.25, -0.2) is 9.78 Å². The summed E-state index contributed by atoms with van der Waals surface area (Å²) >= 11 is 0. The van der Waals surface area contributed by atoms with Crippen molar-refractivity contribution in [3.8, 4) is 5.88 Å². The largest absolute Gasteiger partial charge is 0.479 e. The summed E-state index contributed by atoms with van der Waals surface area (Å²) in [6.07, 6.45) is 2.91. The van der Waals surface area contributed by atoms with Crippen molar-refractivity contribution in [1.29, 1.82) is 0 Å². The van der Waals surface area contributed by atoms with Crippen LogP contribution in [0.5, 0.6) is 5.88 Å². The number of hydrogen-bond donors (Lipinski definition) is 1. The molecule has 3 rings (SSSR count). The fraction of sp³-hybridized carbons (Fsp3) is 0.312. The van der Waals surface area contributed by atoms with Gasteiger partial charge in [0.1, 0.15) is 12.0 Å². The van der Waals surface area contributed by atoms with Crippen LogP contribution in [0, 0.1) is 5.92 Å². The fourth-order valence-corrected chi connectivity index (χ4v) is 2.81. The van der Waals surface area contributed by atoms with Crippen LogP contribution in [0.1, 0.15) is 18.5 Å². The summed E-state index contributed by atoms with van der Waals surface area (Å²) in [5.74, 6) is 0.787. The standard InChI is InChI=1S/C16H18N4O2/c1-11-9-20(14(11)12-6-4-3-5-7-12)16(21)19-13-8-17-10-18-15(13)22-2/h3-8,10-11,14H,9H2,1-2H3,(H,19,21). The summed E-state index contributed by atoms with van der Waals surface area (Å²) in [4.78, 5) is 22.2. The summed E-state index contributed by atoms with van der Waals surface area (Å²) in [6, 6.07) is 9.98. The van der Waals surface area contributed by atoms with Gasteiger partial charge in [0.25, 0.3) is 0 Å². The Morgan fingerprint density at radius 1 is 1.36 bits per heavy atom. The molecule has 1 N–H and O–H groups in total. The van der Waals surface area contributed by atoms with Gasteiger partial charge in [0, 0.05) is 6.54 Å². The molecule has 1 aromatic heterocycles. The van der Waals surface area contributed by atoms with Crippen LogP contribution >= 0.6 is 0 Å². The summed E-state index contributed by atoms with van der Waals surface area (Å²) in [7, 11) is 1.51. The number of benzene rings is 1. The molecule has 0 bridgehead atoms. The van der Waals surface area contributed by atoms with E-state index in [1.165, 1.54) is 19.6 Å². The maximum atomic E-state index is 12.5. The SMILES string of the molecule is COc1ncncc1NC(=O)N1CC(C)C1c1ccccc1. The van der Waals surface area contributed by atoms with Crippen molar-refractivity contribution in [3.63, 3.8) is 0 Å². The van der Waals surface area contributed by atoms with Gasteiger partial charge in [0.05, 0.1) is 19.3 Å². The Labute approximate surface area is 129 Å². The molecule has 2 unspecified atom stereocenters. The van der Waals surface area contributed by atoms with Crippen molar-refractivity contribution < 1.29 is 9.53 Å². The van der Waals surface area contributed by atoms with Crippen LogP contribution in [0.25, 0.3) is 0 Å². The van der Waals surface area contributed by atoms with E-state index in [0.29, 0.717) is 17.5 Å². The van der Waals surface area contributed by atoms with E-state index in [9.17, 15) is 4.79 Å². The van der Waals surface area contributed by atoms with Gasteiger partial charge in [-0.05, 0) is 11.5 Å². The van der Waals surface area contributed by atoms with E-state index in [4.69, 9.17) is 4.74 Å². The van der Waals surface area contributed by atoms with Crippen molar-refractivity contribution in [2.45, 2.75) is 13.0 Å². The van der Waals surface area contributed by atoms with Gasteiger partial charge in [-0.2, -0.15) is 4.98 Å². The smallest absolute Gasteiger partial charge is 0.322 e. The van der Waals surface area contributed by atoms with Crippen LogP contribution in [0.4, 0.5) is 10.5 Å². The highest BCUT2D eigenvalue weighted by Crippen LogP contribution is 2.38. The molecule has 1 aliphatic heterocycles. The van der Waals surface area contributed by atoms with Gasteiger partial charge >= 0.3 is 6.03 Å². The van der Waals surface area contributed by atoms with E-state index >= 15 is 0 Å². The first-order valence-corrected chi connectivity index (χ1v) is 7.17. The zero-order valence-electron chi connectivity index (χ0n) is 12.6. The lowest BCUT2D eigenvalue weighted by molar-refractivity contribution is 0.0670. The molecule has 2 amide bonds. The molecular formula is C16H18N4O2. The first-order valence-electron chi connectivity index (χ1n) is 7.17. The van der Waals surface area contributed by atoms with Crippen molar-refractivity contribution >= 4 is 11.7 Å². The summed E-state index contributed by atoms with van der Waals surface area (Å²) in [6.45, 7) is 2.87. The third-order valence-electron chi connectivity index (χ3n) is 3.87. The second-order valence-electron chi connectivity index (χ2n) is 5.36. The van der Waals surface area contributed by atoms with Gasteiger partial charge in [-0.3, -0.25) is 0 Å². The second-order valence-corrected chi connectivity index (χ2v) is 5.36. The topological polar surface area (TPSA) is 67.4 Å². The van der Waals surface area contributed by atoms with Crippen molar-refractivity contribution in [1.82, 2.24) is 14.9 Å². The molecule has 0 radical (unpaired) electrons. The lowest BCUT2D eigenvalue weighted by Crippen LogP contribution is -2.53. The number of nitrogens with one attached hydrogen (secondary N) is 1. The molecular weight excluding hydrogens is 280 g/mol. The number of aromatic nitrogens is 2. The van der Waals surface area contributed by atoms with Crippen LogP contribution in [0.3, 0.4) is 0 Å². The number of carbonyl (C=O) groups excluding carboxylic acids is 1. The number of carbonyl (C=O) groups is 1. The molecule has 0 saturated carbocycles. The molecule has 2 atom stereocenters. The van der Waals surface area contributed by atoms with Gasteiger partial charge in [0.15, 0.2) is 0 Å². The molecule has 114 valence electrons. The normalized spacial score (nSPS) is 20.2. The van der Waals surface area contributed by atoms with Crippen LogP contribution in [-0.2, 0) is 0 Å². The lowest BCUT2D eigenvalue weighted by Gasteiger charge is -2.46. The average Bonchev–Trinajstić information content (AvgIpc) is 2.54. The predicted molar refractivity (Wildman–Crippen MR) is 82.7 cm³/mol. The zero-order valence-corrected chi connectivity index (χ0v) is 12.6. The van der Waals surface area contributed by atoms with E-state index < -0.39 is 0 Å².